The van der Waals surface area contributed by atoms with Gasteiger partial charge in [-0.1, -0.05) is 6.07 Å². The molecule has 2 rings (SSSR count). The lowest BCUT2D eigenvalue weighted by Crippen LogP contribution is -2.22. The van der Waals surface area contributed by atoms with Crippen LogP contribution < -0.4 is 11.3 Å². The Kier molecular flexibility index (Phi) is 2.68. The molecular weight excluding hydrogens is 176 g/mol. The Morgan fingerprint density at radius 2 is 2.29 bits per heavy atom. The van der Waals surface area contributed by atoms with Gasteiger partial charge in [0.2, 0.25) is 0 Å². The number of hydrogen-bond acceptors (Lipinski definition) is 2. The molecule has 1 saturated carbocycles. The van der Waals surface area contributed by atoms with Gasteiger partial charge in [0.05, 0.1) is 0 Å². The molecule has 0 spiro atoms. The van der Waals surface area contributed by atoms with E-state index in [0.717, 1.165) is 25.8 Å². The van der Waals surface area contributed by atoms with E-state index in [4.69, 9.17) is 5.73 Å². The van der Waals surface area contributed by atoms with E-state index in [1.54, 1.807) is 16.7 Å². The van der Waals surface area contributed by atoms with Gasteiger partial charge in [0.15, 0.2) is 0 Å². The predicted octanol–water partition coefficient (Wildman–Crippen LogP) is 0.976. The van der Waals surface area contributed by atoms with E-state index in [2.05, 4.69) is 0 Å². The fraction of sp³-hybridized carbons (Fsp3) is 0.545. The van der Waals surface area contributed by atoms with Crippen molar-refractivity contribution >= 4 is 0 Å². The normalized spacial score (nSPS) is 26.6. The summed E-state index contributed by atoms with van der Waals surface area (Å²) in [5.74, 6) is 0.588. The summed E-state index contributed by atoms with van der Waals surface area (Å²) >= 11 is 0. The summed E-state index contributed by atoms with van der Waals surface area (Å²) in [6.45, 7) is 0.827. The van der Waals surface area contributed by atoms with Crippen molar-refractivity contribution < 1.29 is 0 Å². The lowest BCUT2D eigenvalue weighted by molar-refractivity contribution is 0.443. The second-order valence-corrected chi connectivity index (χ2v) is 4.13. The van der Waals surface area contributed by atoms with Crippen LogP contribution in [0.4, 0.5) is 0 Å². The summed E-state index contributed by atoms with van der Waals surface area (Å²) < 4.78 is 1.78. The third kappa shape index (κ3) is 2.04. The van der Waals surface area contributed by atoms with E-state index in [1.165, 1.54) is 0 Å². The summed E-state index contributed by atoms with van der Waals surface area (Å²) in [6, 6.07) is 5.63. The molecule has 1 aliphatic rings. The molecule has 0 aromatic carbocycles. The highest BCUT2D eigenvalue weighted by molar-refractivity contribution is 4.94. The lowest BCUT2D eigenvalue weighted by Gasteiger charge is -2.11. The minimum Gasteiger partial charge on any atom is -0.328 e. The SMILES string of the molecule is NC1CCC(Cn2ccccc2=O)C1. The van der Waals surface area contributed by atoms with Crippen molar-refractivity contribution in [3.8, 4) is 0 Å². The zero-order valence-corrected chi connectivity index (χ0v) is 8.23. The Labute approximate surface area is 83.5 Å². The average Bonchev–Trinajstić information content (AvgIpc) is 2.56. The first-order valence-corrected chi connectivity index (χ1v) is 5.17. The van der Waals surface area contributed by atoms with Gasteiger partial charge in [-0.25, -0.2) is 0 Å². The van der Waals surface area contributed by atoms with Gasteiger partial charge in [0.1, 0.15) is 0 Å². The maximum Gasteiger partial charge on any atom is 0.250 e. The van der Waals surface area contributed by atoms with E-state index in [9.17, 15) is 4.79 Å². The second kappa shape index (κ2) is 3.96. The molecular formula is C11H16N2O. The van der Waals surface area contributed by atoms with Gasteiger partial charge in [0, 0.05) is 24.8 Å². The van der Waals surface area contributed by atoms with Crippen LogP contribution in [0, 0.1) is 5.92 Å². The Morgan fingerprint density at radius 1 is 1.43 bits per heavy atom. The van der Waals surface area contributed by atoms with Crippen molar-refractivity contribution in [1.82, 2.24) is 4.57 Å². The van der Waals surface area contributed by atoms with Crippen molar-refractivity contribution in [2.45, 2.75) is 31.8 Å². The Morgan fingerprint density at radius 3 is 2.93 bits per heavy atom. The Hall–Kier alpha value is -1.09. The summed E-state index contributed by atoms with van der Waals surface area (Å²) in [6.07, 6.45) is 5.17. The van der Waals surface area contributed by atoms with Crippen LogP contribution >= 0.6 is 0 Å². The van der Waals surface area contributed by atoms with Gasteiger partial charge >= 0.3 is 0 Å². The molecule has 3 heteroatoms. The molecule has 0 amide bonds. The third-order valence-electron chi connectivity index (χ3n) is 2.94. The molecule has 2 atom stereocenters. The maximum absolute atomic E-state index is 11.4. The number of nitrogens with two attached hydrogens (primary N) is 1. The monoisotopic (exact) mass is 192 g/mol. The van der Waals surface area contributed by atoms with E-state index in [-0.39, 0.29) is 5.56 Å². The molecule has 0 aliphatic heterocycles. The van der Waals surface area contributed by atoms with Crippen molar-refractivity contribution in [3.63, 3.8) is 0 Å². The summed E-state index contributed by atoms with van der Waals surface area (Å²) in [5, 5.41) is 0. The smallest absolute Gasteiger partial charge is 0.250 e. The first-order chi connectivity index (χ1) is 6.75. The van der Waals surface area contributed by atoms with E-state index in [1.807, 2.05) is 12.3 Å². The van der Waals surface area contributed by atoms with Crippen molar-refractivity contribution in [1.29, 1.82) is 0 Å². The highest BCUT2D eigenvalue weighted by atomic mass is 16.1. The van der Waals surface area contributed by atoms with Crippen LogP contribution in [0.25, 0.3) is 0 Å². The average molecular weight is 192 g/mol. The molecule has 0 radical (unpaired) electrons. The van der Waals surface area contributed by atoms with Gasteiger partial charge in [0.25, 0.3) is 5.56 Å². The van der Waals surface area contributed by atoms with Crippen molar-refractivity contribution in [2.75, 3.05) is 0 Å². The minimum atomic E-state index is 0.0907. The fourth-order valence-electron chi connectivity index (χ4n) is 2.17. The number of hydrogen-bond donors (Lipinski definition) is 1. The van der Waals surface area contributed by atoms with Gasteiger partial charge in [-0.2, -0.15) is 0 Å². The van der Waals surface area contributed by atoms with Gasteiger partial charge in [-0.05, 0) is 31.2 Å². The fourth-order valence-corrected chi connectivity index (χ4v) is 2.17. The van der Waals surface area contributed by atoms with Gasteiger partial charge < -0.3 is 10.3 Å². The van der Waals surface area contributed by atoms with Crippen LogP contribution in [-0.2, 0) is 6.54 Å². The number of aromatic nitrogens is 1. The molecule has 1 aromatic rings. The Bertz CT molecular complexity index is 358. The molecule has 76 valence electrons. The van der Waals surface area contributed by atoms with Crippen molar-refractivity contribution in [3.05, 3.63) is 34.7 Å². The summed E-state index contributed by atoms with van der Waals surface area (Å²) in [5.41, 5.74) is 5.92. The van der Waals surface area contributed by atoms with E-state index >= 15 is 0 Å². The standard InChI is InChI=1S/C11H16N2O/c12-10-5-4-9(7-10)8-13-6-2-1-3-11(13)14/h1-3,6,9-10H,4-5,7-8,12H2. The van der Waals surface area contributed by atoms with Crippen molar-refractivity contribution in [2.24, 2.45) is 11.7 Å². The second-order valence-electron chi connectivity index (χ2n) is 4.13. The van der Waals surface area contributed by atoms with Gasteiger partial charge in [-0.3, -0.25) is 4.79 Å². The zero-order chi connectivity index (χ0) is 9.97. The first kappa shape index (κ1) is 9.46. The summed E-state index contributed by atoms with van der Waals surface area (Å²) in [7, 11) is 0. The molecule has 2 unspecified atom stereocenters. The van der Waals surface area contributed by atoms with E-state index in [0.29, 0.717) is 12.0 Å². The van der Waals surface area contributed by atoms with Crippen LogP contribution in [0.15, 0.2) is 29.2 Å². The van der Waals surface area contributed by atoms with Crippen LogP contribution in [-0.4, -0.2) is 10.6 Å². The predicted molar refractivity (Wildman–Crippen MR) is 56.0 cm³/mol. The van der Waals surface area contributed by atoms with Crippen LogP contribution in [0.3, 0.4) is 0 Å². The highest BCUT2D eigenvalue weighted by Crippen LogP contribution is 2.24. The third-order valence-corrected chi connectivity index (χ3v) is 2.94. The molecule has 14 heavy (non-hydrogen) atoms. The maximum atomic E-state index is 11.4. The molecule has 1 aliphatic carbocycles. The quantitative estimate of drug-likeness (QED) is 0.759. The first-order valence-electron chi connectivity index (χ1n) is 5.17. The highest BCUT2D eigenvalue weighted by Gasteiger charge is 2.21. The van der Waals surface area contributed by atoms with Crippen LogP contribution in [0.1, 0.15) is 19.3 Å². The molecule has 0 saturated heterocycles. The Balaban J connectivity index is 2.04. The number of nitrogens with zero attached hydrogens (tertiary/aromatic N) is 1. The lowest BCUT2D eigenvalue weighted by atomic mass is 10.1. The molecule has 1 fully saturated rings. The topological polar surface area (TPSA) is 48.0 Å². The largest absolute Gasteiger partial charge is 0.328 e. The molecule has 0 bridgehead atoms. The number of rotatable bonds is 2. The molecule has 1 heterocycles. The van der Waals surface area contributed by atoms with Gasteiger partial charge in [-0.15, -0.1) is 0 Å². The molecule has 3 nitrogen and oxygen atoms in total. The van der Waals surface area contributed by atoms with E-state index < -0.39 is 0 Å². The summed E-state index contributed by atoms with van der Waals surface area (Å²) in [4.78, 5) is 11.4. The molecule has 2 N–H and O–H groups in total. The number of pyridine rings is 1. The van der Waals surface area contributed by atoms with Crippen LogP contribution in [0.2, 0.25) is 0 Å². The molecule has 1 aromatic heterocycles. The van der Waals surface area contributed by atoms with Crippen LogP contribution in [0.5, 0.6) is 0 Å². The zero-order valence-electron chi connectivity index (χ0n) is 8.23. The minimum absolute atomic E-state index is 0.0907.